The highest BCUT2D eigenvalue weighted by molar-refractivity contribution is 7.16. The van der Waals surface area contributed by atoms with E-state index in [0.29, 0.717) is 52.6 Å². The van der Waals surface area contributed by atoms with Crippen molar-refractivity contribution in [3.05, 3.63) is 168 Å². The SMILES string of the molecule is CC(C)(C)OC(=O)CCc1cccc(CC(=O)O)c1.CC(C)(C)OC(=O)NCc1cccc(CC(=O)Cc2nnc(CCCCc3nnc(NC(=O)Cc4ccccc4)s3)s2)c1.Nc1nnc(CCCCc2nnc(NC(=O)Cc3ccccc3)s2)s1. The van der Waals surface area contributed by atoms with Gasteiger partial charge in [-0.05, 0) is 107 Å². The summed E-state index contributed by atoms with van der Waals surface area (Å²) in [4.78, 5) is 71.1. The second kappa shape index (κ2) is 34.8. The van der Waals surface area contributed by atoms with Crippen molar-refractivity contribution in [2.45, 2.75) is 156 Å². The van der Waals surface area contributed by atoms with E-state index in [1.54, 1.807) is 6.07 Å². The number of ether oxygens (including phenoxy) is 2. The van der Waals surface area contributed by atoms with Gasteiger partial charge in [0.15, 0.2) is 0 Å². The summed E-state index contributed by atoms with van der Waals surface area (Å²) < 4.78 is 10.5. The Hall–Kier alpha value is -8.26. The smallest absolute Gasteiger partial charge is 0.407 e. The van der Waals surface area contributed by atoms with Crippen LogP contribution in [0.3, 0.4) is 0 Å². The van der Waals surface area contributed by atoms with E-state index in [4.69, 9.17) is 20.3 Å². The summed E-state index contributed by atoms with van der Waals surface area (Å²) in [5, 5.41) is 55.8. The molecule has 3 amide bonds. The molecule has 0 bridgehead atoms. The lowest BCUT2D eigenvalue weighted by molar-refractivity contribution is -0.154. The number of carboxylic acids is 1. The van der Waals surface area contributed by atoms with Gasteiger partial charge < -0.3 is 36.3 Å². The minimum absolute atomic E-state index is 0.000275. The average Bonchev–Trinajstić information content (AvgIpc) is 4.53. The number of esters is 1. The van der Waals surface area contributed by atoms with E-state index >= 15 is 0 Å². The number of unbranched alkanes of at least 4 members (excludes halogenated alkanes) is 2. The number of aromatic nitrogens is 8. The van der Waals surface area contributed by atoms with Gasteiger partial charge in [-0.1, -0.05) is 143 Å². The number of Topliss-reactive ketones (excluding diaryl/α,β-unsaturated/α-hetero) is 1. The third-order valence-corrected chi connectivity index (χ3v) is 15.4. The van der Waals surface area contributed by atoms with E-state index in [1.165, 1.54) is 45.3 Å². The van der Waals surface area contributed by atoms with Crippen LogP contribution in [-0.2, 0) is 104 Å². The van der Waals surface area contributed by atoms with Crippen LogP contribution >= 0.6 is 45.3 Å². The molecule has 8 rings (SSSR count). The highest BCUT2D eigenvalue weighted by atomic mass is 32.1. The monoisotopic (exact) mass is 1260 g/mol. The standard InChI is InChI=1S/C31H36N6O4S2.C16H18N6OS2.C15H20O4/c1-31(2,3)41-30(40)32-20-23-13-9-12-22(16-23)17-24(38)19-28-36-34-26(42-28)14-7-8-15-27-35-37-29(43-27)33-25(39)18-21-10-5-4-6-11-21;17-15-21-19-13(24-15)8-4-5-9-14-20-22-16(25-14)18-12(23)10-11-6-2-1-3-7-11;1-15(2,3)19-14(18)8-7-11-5-4-6-12(9-11)10-13(16)17/h4-6,9-13,16H,7-8,14-15,17-20H2,1-3H3,(H,32,40)(H,33,37,39);1-3,6-7H,4-5,8-10H2,(H2,17,21)(H,18,22,23);4-6,9H,7-8,10H2,1-3H3,(H,16,17). The maximum Gasteiger partial charge on any atom is 0.407 e. The molecule has 0 fully saturated rings. The number of aliphatic carboxylic acids is 1. The number of nitrogen functional groups attached to an aromatic ring is 1. The molecule has 87 heavy (non-hydrogen) atoms. The van der Waals surface area contributed by atoms with Gasteiger partial charge in [0.1, 0.15) is 42.0 Å². The fourth-order valence-corrected chi connectivity index (χ4v) is 11.3. The molecule has 0 radical (unpaired) electrons. The van der Waals surface area contributed by atoms with E-state index in [0.717, 1.165) is 105 Å². The third-order valence-electron chi connectivity index (χ3n) is 11.9. The number of anilines is 3. The summed E-state index contributed by atoms with van der Waals surface area (Å²) in [5.41, 5.74) is 9.93. The number of aryl methyl sites for hydroxylation is 5. The van der Waals surface area contributed by atoms with Crippen LogP contribution in [0.2, 0.25) is 0 Å². The highest BCUT2D eigenvalue weighted by Crippen LogP contribution is 2.22. The summed E-state index contributed by atoms with van der Waals surface area (Å²) in [6, 6.07) is 34.1. The Kier molecular flexibility index (Phi) is 27.1. The van der Waals surface area contributed by atoms with Crippen molar-refractivity contribution >= 4 is 96.4 Å². The first-order valence-corrected chi connectivity index (χ1v) is 31.6. The lowest BCUT2D eigenvalue weighted by atomic mass is 10.0. The van der Waals surface area contributed by atoms with Crippen LogP contribution in [0.15, 0.2) is 109 Å². The number of carbonyl (C=O) groups excluding carboxylic acids is 5. The van der Waals surface area contributed by atoms with Crippen molar-refractivity contribution in [2.24, 2.45) is 0 Å². The van der Waals surface area contributed by atoms with Gasteiger partial charge in [0.2, 0.25) is 27.2 Å². The Labute approximate surface area is 522 Å². The van der Waals surface area contributed by atoms with Crippen LogP contribution in [0.1, 0.15) is 132 Å². The Morgan fingerprint density at radius 2 is 0.897 bits per heavy atom. The molecule has 0 spiro atoms. The number of amides is 3. The molecule has 0 atom stereocenters. The van der Waals surface area contributed by atoms with Crippen molar-refractivity contribution in [1.82, 2.24) is 46.1 Å². The number of hydrogen-bond acceptors (Lipinski definition) is 21. The Morgan fingerprint density at radius 3 is 1.40 bits per heavy atom. The molecule has 4 aromatic heterocycles. The van der Waals surface area contributed by atoms with E-state index < -0.39 is 23.3 Å². The van der Waals surface area contributed by atoms with Crippen LogP contribution in [0.25, 0.3) is 0 Å². The second-order valence-corrected chi connectivity index (χ2v) is 26.4. The molecule has 25 heteroatoms. The van der Waals surface area contributed by atoms with Crippen LogP contribution in [0.5, 0.6) is 0 Å². The molecule has 4 heterocycles. The minimum Gasteiger partial charge on any atom is -0.481 e. The van der Waals surface area contributed by atoms with Gasteiger partial charge in [-0.25, -0.2) is 4.79 Å². The number of ketones is 1. The molecule has 6 N–H and O–H groups in total. The Bertz CT molecular complexity index is 3470. The number of nitrogens with zero attached hydrogens (tertiary/aromatic N) is 8. The molecule has 4 aromatic carbocycles. The lowest BCUT2D eigenvalue weighted by Gasteiger charge is -2.19. The molecular weight excluding hydrogens is 1190 g/mol. The van der Waals surface area contributed by atoms with E-state index in [9.17, 15) is 28.8 Å². The minimum atomic E-state index is -0.857. The van der Waals surface area contributed by atoms with E-state index in [-0.39, 0.29) is 42.8 Å². The zero-order valence-corrected chi connectivity index (χ0v) is 53.0. The van der Waals surface area contributed by atoms with Crippen molar-refractivity contribution in [3.8, 4) is 0 Å². The summed E-state index contributed by atoms with van der Waals surface area (Å²) in [6.45, 7) is 11.3. The van der Waals surface area contributed by atoms with Gasteiger partial charge in [0, 0.05) is 45.1 Å². The lowest BCUT2D eigenvalue weighted by Crippen LogP contribution is -2.32. The molecule has 0 aliphatic heterocycles. The van der Waals surface area contributed by atoms with Crippen LogP contribution in [-0.4, -0.2) is 92.7 Å². The molecule has 0 unspecified atom stereocenters. The van der Waals surface area contributed by atoms with Crippen molar-refractivity contribution < 1.29 is 43.3 Å². The van der Waals surface area contributed by atoms with E-state index in [1.807, 2.05) is 145 Å². The zero-order chi connectivity index (χ0) is 62.6. The summed E-state index contributed by atoms with van der Waals surface area (Å²) in [7, 11) is 0. The fraction of sp³-hybridized carbons (Fsp3) is 0.387. The summed E-state index contributed by atoms with van der Waals surface area (Å²) >= 11 is 5.72. The molecule has 0 saturated heterocycles. The topological polar surface area (TPSA) is 306 Å². The summed E-state index contributed by atoms with van der Waals surface area (Å²) in [5.74, 6) is -1.23. The third kappa shape index (κ3) is 28.2. The summed E-state index contributed by atoms with van der Waals surface area (Å²) in [6.07, 6.45) is 8.56. The highest BCUT2D eigenvalue weighted by Gasteiger charge is 2.19. The number of hydrogen-bond donors (Lipinski definition) is 5. The van der Waals surface area contributed by atoms with E-state index in [2.05, 4.69) is 56.7 Å². The largest absolute Gasteiger partial charge is 0.481 e. The van der Waals surface area contributed by atoms with Crippen molar-refractivity contribution in [2.75, 3.05) is 16.4 Å². The molecule has 21 nitrogen and oxygen atoms in total. The number of nitrogens with two attached hydrogens (primary N) is 1. The maximum absolute atomic E-state index is 12.7. The number of carboxylic acid groups (broad SMARTS) is 1. The Balaban J connectivity index is 0.000000231. The number of alkyl carbamates (subject to hydrolysis) is 1. The normalized spacial score (nSPS) is 11.1. The first kappa shape index (κ1) is 67.9. The fourth-order valence-electron chi connectivity index (χ4n) is 8.14. The predicted octanol–water partition coefficient (Wildman–Crippen LogP) is 10.8. The van der Waals surface area contributed by atoms with Gasteiger partial charge >= 0.3 is 18.0 Å². The van der Waals surface area contributed by atoms with Gasteiger partial charge in [-0.3, -0.25) is 24.0 Å². The maximum atomic E-state index is 12.7. The Morgan fingerprint density at radius 1 is 0.460 bits per heavy atom. The molecule has 0 aliphatic carbocycles. The second-order valence-electron chi connectivity index (χ2n) is 22.0. The number of rotatable bonds is 27. The van der Waals surface area contributed by atoms with Crippen molar-refractivity contribution in [3.63, 3.8) is 0 Å². The zero-order valence-electron chi connectivity index (χ0n) is 49.7. The quantitative estimate of drug-likeness (QED) is 0.0236. The van der Waals surface area contributed by atoms with Gasteiger partial charge in [-0.2, -0.15) is 0 Å². The van der Waals surface area contributed by atoms with Gasteiger partial charge in [0.05, 0.1) is 25.7 Å². The molecule has 0 aliphatic rings. The molecule has 0 saturated carbocycles. The number of benzene rings is 4. The van der Waals surface area contributed by atoms with Crippen LogP contribution in [0.4, 0.5) is 20.2 Å². The number of carbonyl (C=O) groups is 6. The van der Waals surface area contributed by atoms with Crippen molar-refractivity contribution in [1.29, 1.82) is 0 Å². The molecular formula is C62H74N12O9S4. The number of nitrogens with one attached hydrogen (secondary N) is 3. The molecule has 460 valence electrons. The predicted molar refractivity (Wildman–Crippen MR) is 339 cm³/mol. The molecule has 8 aromatic rings. The first-order valence-electron chi connectivity index (χ1n) is 28.4. The average molecular weight is 1260 g/mol. The van der Waals surface area contributed by atoms with Gasteiger partial charge in [-0.15, -0.1) is 52.1 Å². The first-order chi connectivity index (χ1) is 41.6. The van der Waals surface area contributed by atoms with Crippen LogP contribution in [0, 0.1) is 0 Å². The van der Waals surface area contributed by atoms with Crippen LogP contribution < -0.4 is 21.7 Å². The van der Waals surface area contributed by atoms with Gasteiger partial charge in [0.25, 0.3) is 0 Å².